The second kappa shape index (κ2) is 9.35. The summed E-state index contributed by atoms with van der Waals surface area (Å²) in [5.41, 5.74) is 2.02. The Kier molecular flexibility index (Phi) is 6.38. The minimum absolute atomic E-state index is 0.0740. The number of ether oxygens (including phenoxy) is 2. The van der Waals surface area contributed by atoms with Crippen LogP contribution in [0.3, 0.4) is 0 Å². The number of rotatable bonds is 8. The lowest BCUT2D eigenvalue weighted by atomic mass is 9.75. The topological polar surface area (TPSA) is 54.6 Å². The van der Waals surface area contributed by atoms with Crippen molar-refractivity contribution in [3.63, 3.8) is 0 Å². The normalized spacial score (nSPS) is 16.4. The van der Waals surface area contributed by atoms with Crippen LogP contribution >= 0.6 is 0 Å². The lowest BCUT2D eigenvalue weighted by molar-refractivity contribution is -0.159. The highest BCUT2D eigenvalue weighted by Gasteiger charge is 2.42. The Morgan fingerprint density at radius 3 is 2.67 bits per heavy atom. The molecular weight excluding hydrogens is 376 g/mol. The van der Waals surface area contributed by atoms with E-state index in [1.54, 1.807) is 0 Å². The van der Waals surface area contributed by atoms with Gasteiger partial charge < -0.3 is 14.5 Å². The van der Waals surface area contributed by atoms with Gasteiger partial charge in [-0.1, -0.05) is 24.3 Å². The van der Waals surface area contributed by atoms with Gasteiger partial charge in [0.2, 0.25) is 0 Å². The fourth-order valence-corrected chi connectivity index (χ4v) is 4.32. The predicted molar refractivity (Wildman–Crippen MR) is 118 cm³/mol. The Hall–Kier alpha value is -2.79. The zero-order valence-corrected chi connectivity index (χ0v) is 17.6. The first-order valence-electron chi connectivity index (χ1n) is 10.8. The molecule has 1 aliphatic rings. The van der Waals surface area contributed by atoms with Crippen LogP contribution in [0.15, 0.2) is 60.8 Å². The molecule has 30 heavy (non-hydrogen) atoms. The molecule has 158 valence electrons. The van der Waals surface area contributed by atoms with E-state index in [0.717, 1.165) is 43.7 Å². The molecule has 0 atom stereocenters. The number of esters is 1. The third-order valence-corrected chi connectivity index (χ3v) is 6.14. The minimum atomic E-state index is -0.452. The molecule has 1 fully saturated rings. The molecule has 1 saturated heterocycles. The number of piperidine rings is 1. The highest BCUT2D eigenvalue weighted by atomic mass is 16.5. The summed E-state index contributed by atoms with van der Waals surface area (Å²) in [5.74, 6) is 0.768. The van der Waals surface area contributed by atoms with Crippen LogP contribution in [0, 0.1) is 5.41 Å². The zero-order chi connectivity index (χ0) is 20.8. The van der Waals surface area contributed by atoms with Gasteiger partial charge >= 0.3 is 5.97 Å². The summed E-state index contributed by atoms with van der Waals surface area (Å²) >= 11 is 0. The van der Waals surface area contributed by atoms with Gasteiger partial charge in [-0.15, -0.1) is 0 Å². The molecule has 0 amide bonds. The number of likely N-dealkylation sites (tertiary alicyclic amines) is 1. The number of carbonyl (C=O) groups is 1. The van der Waals surface area contributed by atoms with E-state index in [9.17, 15) is 4.79 Å². The van der Waals surface area contributed by atoms with Crippen LogP contribution in [0.1, 0.15) is 31.7 Å². The maximum Gasteiger partial charge on any atom is 0.312 e. The largest absolute Gasteiger partial charge is 0.494 e. The number of aromatic amines is 1. The van der Waals surface area contributed by atoms with Gasteiger partial charge in [0.1, 0.15) is 5.75 Å². The van der Waals surface area contributed by atoms with Crippen molar-refractivity contribution in [1.82, 2.24) is 9.88 Å². The van der Waals surface area contributed by atoms with E-state index in [-0.39, 0.29) is 5.97 Å². The molecule has 0 radical (unpaired) electrons. The fourth-order valence-electron chi connectivity index (χ4n) is 4.32. The van der Waals surface area contributed by atoms with Crippen LogP contribution in [-0.4, -0.2) is 42.2 Å². The van der Waals surface area contributed by atoms with Gasteiger partial charge in [-0.05, 0) is 80.6 Å². The summed E-state index contributed by atoms with van der Waals surface area (Å²) in [6.07, 6.45) is 4.26. The van der Waals surface area contributed by atoms with Gasteiger partial charge in [0.25, 0.3) is 0 Å². The molecule has 1 aromatic heterocycles. The van der Waals surface area contributed by atoms with Crippen LogP contribution in [-0.2, 0) is 16.1 Å². The molecule has 1 N–H and O–H groups in total. The molecule has 4 rings (SSSR count). The van der Waals surface area contributed by atoms with E-state index in [1.807, 2.05) is 43.5 Å². The highest BCUT2D eigenvalue weighted by Crippen LogP contribution is 2.37. The Labute approximate surface area is 178 Å². The Bertz CT molecular complexity index is 959. The minimum Gasteiger partial charge on any atom is -0.494 e. The van der Waals surface area contributed by atoms with Gasteiger partial charge in [-0.2, -0.15) is 0 Å². The molecule has 1 aliphatic heterocycles. The average Bonchev–Trinajstić information content (AvgIpc) is 3.24. The first-order chi connectivity index (χ1) is 14.7. The van der Waals surface area contributed by atoms with Crippen LogP contribution in [0.25, 0.3) is 10.9 Å². The number of nitrogens with one attached hydrogen (secondary N) is 1. The van der Waals surface area contributed by atoms with E-state index in [1.165, 1.54) is 10.9 Å². The number of nitrogens with zero attached hydrogens (tertiary/aromatic N) is 1. The lowest BCUT2D eigenvalue weighted by Crippen LogP contribution is -2.45. The molecule has 5 heteroatoms. The molecule has 0 bridgehead atoms. The zero-order valence-electron chi connectivity index (χ0n) is 17.6. The first-order valence-corrected chi connectivity index (χ1v) is 10.8. The standard InChI is InChI=1S/C25H30N2O3/c1-2-29-24(28)25(13-17-30-22-6-4-3-5-7-22)11-15-27(16-12-25)19-20-8-9-23-21(18-20)10-14-26-23/h3-10,14,18,26H,2,11-13,15-17,19H2,1H3. The van der Waals surface area contributed by atoms with E-state index in [4.69, 9.17) is 9.47 Å². The first kappa shape index (κ1) is 20.5. The molecule has 5 nitrogen and oxygen atoms in total. The number of fused-ring (bicyclic) bond motifs is 1. The molecule has 0 unspecified atom stereocenters. The number of H-pyrrole nitrogens is 1. The summed E-state index contributed by atoms with van der Waals surface area (Å²) < 4.78 is 11.4. The van der Waals surface area contributed by atoms with Crippen molar-refractivity contribution in [3.8, 4) is 5.75 Å². The number of para-hydroxylation sites is 1. The maximum atomic E-state index is 12.8. The molecule has 3 aromatic rings. The third-order valence-electron chi connectivity index (χ3n) is 6.14. The van der Waals surface area contributed by atoms with E-state index in [2.05, 4.69) is 34.1 Å². The lowest BCUT2D eigenvalue weighted by Gasteiger charge is -2.40. The quantitative estimate of drug-likeness (QED) is 0.547. The van der Waals surface area contributed by atoms with E-state index < -0.39 is 5.41 Å². The predicted octanol–water partition coefficient (Wildman–Crippen LogP) is 4.78. The average molecular weight is 407 g/mol. The number of aromatic nitrogens is 1. The van der Waals surface area contributed by atoms with E-state index in [0.29, 0.717) is 19.6 Å². The van der Waals surface area contributed by atoms with Crippen molar-refractivity contribution >= 4 is 16.9 Å². The molecular formula is C25H30N2O3. The molecule has 0 saturated carbocycles. The summed E-state index contributed by atoms with van der Waals surface area (Å²) in [7, 11) is 0. The van der Waals surface area contributed by atoms with Crippen molar-refractivity contribution < 1.29 is 14.3 Å². The molecule has 2 heterocycles. The van der Waals surface area contributed by atoms with Crippen molar-refractivity contribution in [2.45, 2.75) is 32.7 Å². The SMILES string of the molecule is CCOC(=O)C1(CCOc2ccccc2)CCN(Cc2ccc3[nH]ccc3c2)CC1. The van der Waals surface area contributed by atoms with Crippen LogP contribution < -0.4 is 4.74 Å². The van der Waals surface area contributed by atoms with Gasteiger partial charge in [-0.25, -0.2) is 0 Å². The number of hydrogen-bond acceptors (Lipinski definition) is 4. The Balaban J connectivity index is 1.37. The molecule has 0 aliphatic carbocycles. The van der Waals surface area contributed by atoms with Crippen LogP contribution in [0.2, 0.25) is 0 Å². The summed E-state index contributed by atoms with van der Waals surface area (Å²) in [6.45, 7) is 5.48. The number of carbonyl (C=O) groups excluding carboxylic acids is 1. The smallest absolute Gasteiger partial charge is 0.312 e. The van der Waals surface area contributed by atoms with Gasteiger partial charge in [-0.3, -0.25) is 9.69 Å². The number of benzene rings is 2. The second-order valence-corrected chi connectivity index (χ2v) is 8.09. The highest BCUT2D eigenvalue weighted by molar-refractivity contribution is 5.80. The van der Waals surface area contributed by atoms with Gasteiger partial charge in [0.05, 0.1) is 18.6 Å². The van der Waals surface area contributed by atoms with Crippen LogP contribution in [0.5, 0.6) is 5.75 Å². The number of hydrogen-bond donors (Lipinski definition) is 1. The van der Waals surface area contributed by atoms with Crippen molar-refractivity contribution in [2.24, 2.45) is 5.41 Å². The van der Waals surface area contributed by atoms with E-state index >= 15 is 0 Å². The summed E-state index contributed by atoms with van der Waals surface area (Å²) in [6, 6.07) is 18.4. The van der Waals surface area contributed by atoms with Crippen molar-refractivity contribution in [2.75, 3.05) is 26.3 Å². The summed E-state index contributed by atoms with van der Waals surface area (Å²) in [4.78, 5) is 18.5. The van der Waals surface area contributed by atoms with Gasteiger partial charge in [0.15, 0.2) is 0 Å². The molecule has 0 spiro atoms. The Morgan fingerprint density at radius 2 is 1.90 bits per heavy atom. The van der Waals surface area contributed by atoms with Crippen molar-refractivity contribution in [1.29, 1.82) is 0 Å². The third kappa shape index (κ3) is 4.68. The van der Waals surface area contributed by atoms with Crippen molar-refractivity contribution in [3.05, 3.63) is 66.4 Å². The second-order valence-electron chi connectivity index (χ2n) is 8.09. The fraction of sp³-hybridized carbons (Fsp3) is 0.400. The van der Waals surface area contributed by atoms with Gasteiger partial charge in [0, 0.05) is 18.3 Å². The maximum absolute atomic E-state index is 12.8. The summed E-state index contributed by atoms with van der Waals surface area (Å²) in [5, 5.41) is 1.24. The molecule has 2 aromatic carbocycles. The van der Waals surface area contributed by atoms with Crippen LogP contribution in [0.4, 0.5) is 0 Å². The monoisotopic (exact) mass is 406 g/mol. The Morgan fingerprint density at radius 1 is 1.10 bits per heavy atom.